The van der Waals surface area contributed by atoms with Crippen LogP contribution >= 0.6 is 0 Å². The number of ketones is 1. The van der Waals surface area contributed by atoms with E-state index in [1.807, 2.05) is 26.8 Å². The third-order valence-corrected chi connectivity index (χ3v) is 6.98. The average Bonchev–Trinajstić information content (AvgIpc) is 2.60. The van der Waals surface area contributed by atoms with Crippen LogP contribution in [-0.2, 0) is 10.2 Å². The third-order valence-electron chi connectivity index (χ3n) is 6.98. The quantitative estimate of drug-likeness (QED) is 0.619. The van der Waals surface area contributed by atoms with Crippen LogP contribution in [0.5, 0.6) is 11.5 Å². The van der Waals surface area contributed by atoms with E-state index in [0.717, 1.165) is 31.2 Å². The summed E-state index contributed by atoms with van der Waals surface area (Å²) in [6.07, 6.45) is 3.29. The van der Waals surface area contributed by atoms with Crippen LogP contribution in [0.25, 0.3) is 0 Å². The Morgan fingerprint density at radius 3 is 2.62 bits per heavy atom. The van der Waals surface area contributed by atoms with E-state index >= 15 is 0 Å². The Bertz CT molecular complexity index is 765. The number of rotatable bonds is 6. The molecule has 1 aromatic rings. The zero-order valence-corrected chi connectivity index (χ0v) is 18.4. The Kier molecular flexibility index (Phi) is 6.03. The van der Waals surface area contributed by atoms with Crippen LogP contribution in [0.1, 0.15) is 90.2 Å². The van der Waals surface area contributed by atoms with Crippen LogP contribution in [0, 0.1) is 5.92 Å². The molecular formula is C24H36O5. The molecule has 1 aliphatic heterocycles. The number of aliphatic hydroxyl groups excluding tert-OH is 2. The van der Waals surface area contributed by atoms with Crippen LogP contribution in [0.3, 0.4) is 0 Å². The van der Waals surface area contributed by atoms with Crippen molar-refractivity contribution in [3.05, 3.63) is 23.3 Å². The van der Waals surface area contributed by atoms with Crippen LogP contribution in [0.2, 0.25) is 0 Å². The Hall–Kier alpha value is -1.59. The topological polar surface area (TPSA) is 87.0 Å². The lowest BCUT2D eigenvalue weighted by Gasteiger charge is -2.48. The molecule has 0 amide bonds. The number of unbranched alkanes of at least 4 members (excludes halogenated alkanes) is 1. The van der Waals surface area contributed by atoms with Crippen molar-refractivity contribution >= 4 is 5.78 Å². The fraction of sp³-hybridized carbons (Fsp3) is 0.708. The molecule has 0 spiro atoms. The maximum atomic E-state index is 12.2. The van der Waals surface area contributed by atoms with Gasteiger partial charge in [0, 0.05) is 23.8 Å². The lowest BCUT2D eigenvalue weighted by atomic mass is 9.64. The summed E-state index contributed by atoms with van der Waals surface area (Å²) in [5, 5.41) is 31.0. The molecule has 0 bridgehead atoms. The molecule has 0 aromatic heterocycles. The zero-order chi connectivity index (χ0) is 21.6. The summed E-state index contributed by atoms with van der Waals surface area (Å²) in [6, 6.07) is 3.76. The van der Waals surface area contributed by atoms with E-state index in [1.54, 1.807) is 6.07 Å². The molecule has 1 heterocycles. The second kappa shape index (κ2) is 7.92. The van der Waals surface area contributed by atoms with Gasteiger partial charge in [0.2, 0.25) is 0 Å². The van der Waals surface area contributed by atoms with E-state index in [2.05, 4.69) is 13.8 Å². The van der Waals surface area contributed by atoms with Gasteiger partial charge in [-0.2, -0.15) is 0 Å². The average molecular weight is 405 g/mol. The molecule has 1 saturated carbocycles. The monoisotopic (exact) mass is 404 g/mol. The number of Topliss-reactive ketones (excluding diaryl/α,β-unsaturated/α-hetero) is 1. The number of carbonyl (C=O) groups excluding carboxylic acids is 1. The highest BCUT2D eigenvalue weighted by molar-refractivity contribution is 5.85. The standard InChI is InChI=1S/C24H36O5/c1-14(25)8-6-7-11-23(2,3)15-12-18(27)21-19(13-15)29-24(4,5)16-9-10-17(26)22(28)20(16)21/h12-14,16,20,22,25,27-28H,6-11H2,1-5H3/t14?,16-,20-,22?/m1/s1. The van der Waals surface area contributed by atoms with Crippen molar-refractivity contribution in [1.82, 2.24) is 0 Å². The second-order valence-electron chi connectivity index (χ2n) is 10.2. The number of ether oxygens (including phenoxy) is 1. The SMILES string of the molecule is CC(O)CCCCC(C)(C)c1cc(O)c2c(c1)OC(C)(C)[C@@H]1CCC(=O)C(O)[C@@H]21. The second-order valence-corrected chi connectivity index (χ2v) is 10.2. The minimum absolute atomic E-state index is 0.0204. The summed E-state index contributed by atoms with van der Waals surface area (Å²) < 4.78 is 6.33. The predicted octanol–water partition coefficient (Wildman–Crippen LogP) is 4.21. The number of aromatic hydroxyl groups is 1. The Labute approximate surface area is 174 Å². The van der Waals surface area contributed by atoms with E-state index in [9.17, 15) is 20.1 Å². The summed E-state index contributed by atoms with van der Waals surface area (Å²) in [4.78, 5) is 12.2. The first-order chi connectivity index (χ1) is 13.4. The van der Waals surface area contributed by atoms with Gasteiger partial charge in [-0.05, 0) is 63.1 Å². The molecule has 1 aliphatic carbocycles. The number of carbonyl (C=O) groups is 1. The fourth-order valence-corrected chi connectivity index (χ4v) is 5.12. The van der Waals surface area contributed by atoms with Crippen LogP contribution < -0.4 is 4.74 Å². The zero-order valence-electron chi connectivity index (χ0n) is 18.4. The molecule has 0 saturated heterocycles. The highest BCUT2D eigenvalue weighted by Crippen LogP contribution is 2.54. The van der Waals surface area contributed by atoms with Gasteiger partial charge in [-0.1, -0.05) is 26.7 Å². The molecule has 5 nitrogen and oxygen atoms in total. The molecule has 3 N–H and O–H groups in total. The van der Waals surface area contributed by atoms with Gasteiger partial charge in [0.25, 0.3) is 0 Å². The molecule has 3 rings (SSSR count). The van der Waals surface area contributed by atoms with Crippen molar-refractivity contribution in [2.24, 2.45) is 5.92 Å². The van der Waals surface area contributed by atoms with Crippen molar-refractivity contribution in [1.29, 1.82) is 0 Å². The van der Waals surface area contributed by atoms with Gasteiger partial charge in [-0.25, -0.2) is 0 Å². The van der Waals surface area contributed by atoms with Gasteiger partial charge in [-0.3, -0.25) is 4.79 Å². The highest BCUT2D eigenvalue weighted by atomic mass is 16.5. The third kappa shape index (κ3) is 4.31. The normalized spacial score (nSPS) is 27.0. The van der Waals surface area contributed by atoms with Crippen molar-refractivity contribution in [2.45, 2.75) is 102 Å². The number of fused-ring (bicyclic) bond motifs is 3. The number of phenols is 1. The Balaban J connectivity index is 1.92. The van der Waals surface area contributed by atoms with Gasteiger partial charge in [0.1, 0.15) is 23.2 Å². The summed E-state index contributed by atoms with van der Waals surface area (Å²) in [5.41, 5.74) is 0.864. The first-order valence-electron chi connectivity index (χ1n) is 10.9. The van der Waals surface area contributed by atoms with Gasteiger partial charge >= 0.3 is 0 Å². The summed E-state index contributed by atoms with van der Waals surface area (Å²) in [7, 11) is 0. The lowest BCUT2D eigenvalue weighted by molar-refractivity contribution is -0.137. The van der Waals surface area contributed by atoms with Crippen molar-refractivity contribution in [3.8, 4) is 11.5 Å². The largest absolute Gasteiger partial charge is 0.508 e. The maximum Gasteiger partial charge on any atom is 0.161 e. The number of hydrogen-bond donors (Lipinski definition) is 3. The molecule has 0 radical (unpaired) electrons. The summed E-state index contributed by atoms with van der Waals surface area (Å²) in [6.45, 7) is 10.1. The molecule has 2 aliphatic rings. The van der Waals surface area contributed by atoms with Crippen molar-refractivity contribution in [2.75, 3.05) is 0 Å². The minimum atomic E-state index is -1.10. The summed E-state index contributed by atoms with van der Waals surface area (Å²) >= 11 is 0. The van der Waals surface area contributed by atoms with E-state index in [0.29, 0.717) is 24.2 Å². The van der Waals surface area contributed by atoms with E-state index < -0.39 is 17.6 Å². The molecule has 1 fully saturated rings. The minimum Gasteiger partial charge on any atom is -0.508 e. The first kappa shape index (κ1) is 22.1. The van der Waals surface area contributed by atoms with E-state index in [1.165, 1.54) is 0 Å². The maximum absolute atomic E-state index is 12.2. The summed E-state index contributed by atoms with van der Waals surface area (Å²) in [5.74, 6) is 0.0776. The first-order valence-corrected chi connectivity index (χ1v) is 10.9. The van der Waals surface area contributed by atoms with Gasteiger partial charge < -0.3 is 20.1 Å². The smallest absolute Gasteiger partial charge is 0.161 e. The van der Waals surface area contributed by atoms with Gasteiger partial charge in [0.15, 0.2) is 5.78 Å². The fourth-order valence-electron chi connectivity index (χ4n) is 5.12. The van der Waals surface area contributed by atoms with Crippen LogP contribution in [0.15, 0.2) is 12.1 Å². The molecule has 5 heteroatoms. The molecule has 162 valence electrons. The predicted molar refractivity (Wildman–Crippen MR) is 112 cm³/mol. The van der Waals surface area contributed by atoms with Gasteiger partial charge in [0.05, 0.1) is 6.10 Å². The molecule has 1 aromatic carbocycles. The number of benzene rings is 1. The molecule has 29 heavy (non-hydrogen) atoms. The number of hydrogen-bond acceptors (Lipinski definition) is 5. The van der Waals surface area contributed by atoms with Gasteiger partial charge in [-0.15, -0.1) is 0 Å². The lowest BCUT2D eigenvalue weighted by Crippen LogP contribution is -2.52. The van der Waals surface area contributed by atoms with Crippen LogP contribution in [0.4, 0.5) is 0 Å². The molecule has 4 atom stereocenters. The molecule has 2 unspecified atom stereocenters. The highest BCUT2D eigenvalue weighted by Gasteiger charge is 2.51. The Morgan fingerprint density at radius 1 is 1.28 bits per heavy atom. The van der Waals surface area contributed by atoms with Crippen LogP contribution in [-0.4, -0.2) is 38.9 Å². The van der Waals surface area contributed by atoms with Crippen molar-refractivity contribution in [3.63, 3.8) is 0 Å². The number of phenolic OH excluding ortho intramolecular Hbond substituents is 1. The molecular weight excluding hydrogens is 368 g/mol. The van der Waals surface area contributed by atoms with E-state index in [4.69, 9.17) is 4.74 Å². The van der Waals surface area contributed by atoms with Crippen molar-refractivity contribution < 1.29 is 24.9 Å². The Morgan fingerprint density at radius 2 is 1.97 bits per heavy atom. The number of aliphatic hydroxyl groups is 2. The van der Waals surface area contributed by atoms with E-state index in [-0.39, 0.29) is 29.0 Å².